The van der Waals surface area contributed by atoms with Crippen molar-refractivity contribution in [3.8, 4) is 5.75 Å². The summed E-state index contributed by atoms with van der Waals surface area (Å²) < 4.78 is 0. The fraction of sp³-hybridized carbons (Fsp3) is 0. The van der Waals surface area contributed by atoms with Crippen LogP contribution in [0.15, 0.2) is 24.3 Å². The number of aromatic hydroxyl groups is 1. The molecule has 1 aromatic carbocycles. The standard InChI is InChI=1S/C6H5O.2CH3.Ce/c7-6-4-2-1-3-5-6;;;/h2-5,7H;2*1H3;/q3*-1;+3. The van der Waals surface area contributed by atoms with E-state index < -0.39 is 0 Å². The molecule has 1 rings (SSSR count). The van der Waals surface area contributed by atoms with Crippen LogP contribution in [0.4, 0.5) is 0 Å². The molecule has 53 valence electrons. The van der Waals surface area contributed by atoms with E-state index in [4.69, 9.17) is 5.11 Å². The summed E-state index contributed by atoms with van der Waals surface area (Å²) >= 11 is 0. The third kappa shape index (κ3) is 6.52. The van der Waals surface area contributed by atoms with E-state index >= 15 is 0 Å². The van der Waals surface area contributed by atoms with E-state index in [0.29, 0.717) is 5.75 Å². The molecule has 0 aliphatic heterocycles. The maximum atomic E-state index is 8.61. The minimum atomic E-state index is 0. The van der Waals surface area contributed by atoms with Gasteiger partial charge in [0.25, 0.3) is 0 Å². The van der Waals surface area contributed by atoms with E-state index in [1.807, 2.05) is 0 Å². The molecular formula is C8H11CeO. The Hall–Kier alpha value is 0.397. The minimum Gasteiger partial charge on any atom is -0.533 e. The van der Waals surface area contributed by atoms with Crippen LogP contribution in [0, 0.1) is 62.7 Å². The fourth-order valence-electron chi connectivity index (χ4n) is 0.378. The van der Waals surface area contributed by atoms with Crippen LogP contribution in [0.5, 0.6) is 5.75 Å². The van der Waals surface area contributed by atoms with Crippen molar-refractivity contribution in [1.29, 1.82) is 0 Å². The molecule has 0 saturated carbocycles. The Labute approximate surface area is 96.8 Å². The van der Waals surface area contributed by atoms with E-state index in [0.717, 1.165) is 0 Å². The molecule has 0 unspecified atom stereocenters. The maximum absolute atomic E-state index is 8.61. The second-order valence-corrected chi connectivity index (χ2v) is 1.26. The first-order valence-corrected chi connectivity index (χ1v) is 2.04. The van der Waals surface area contributed by atoms with E-state index in [1.54, 1.807) is 24.3 Å². The third-order valence-electron chi connectivity index (χ3n) is 0.701. The number of hydrogen-bond donors (Lipinski definition) is 1. The van der Waals surface area contributed by atoms with Crippen molar-refractivity contribution in [2.75, 3.05) is 0 Å². The largest absolute Gasteiger partial charge is 3.00 e. The zero-order valence-electron chi connectivity index (χ0n) is 6.26. The van der Waals surface area contributed by atoms with Crippen LogP contribution >= 0.6 is 0 Å². The summed E-state index contributed by atoms with van der Waals surface area (Å²) in [5.41, 5.74) is 0. The monoisotopic (exact) mass is 263 g/mol. The Morgan fingerprint density at radius 3 is 1.70 bits per heavy atom. The molecule has 2 heteroatoms. The molecule has 0 heterocycles. The van der Waals surface area contributed by atoms with Gasteiger partial charge in [-0.1, -0.05) is 0 Å². The van der Waals surface area contributed by atoms with Gasteiger partial charge in [-0.15, -0.1) is 12.1 Å². The molecule has 1 aromatic rings. The summed E-state index contributed by atoms with van der Waals surface area (Å²) in [7, 11) is 0. The van der Waals surface area contributed by atoms with E-state index in [2.05, 4.69) is 6.07 Å². The second kappa shape index (κ2) is 9.40. The molecular weight excluding hydrogens is 252 g/mol. The molecule has 0 aliphatic rings. The van der Waals surface area contributed by atoms with Crippen LogP contribution < -0.4 is 0 Å². The smallest absolute Gasteiger partial charge is 0.533 e. The molecule has 0 saturated heterocycles. The summed E-state index contributed by atoms with van der Waals surface area (Å²) in [5, 5.41) is 8.61. The zero-order valence-corrected chi connectivity index (χ0v) is 9.40. The molecule has 0 atom stereocenters. The average molecular weight is 263 g/mol. The third-order valence-corrected chi connectivity index (χ3v) is 0.701. The van der Waals surface area contributed by atoms with Gasteiger partial charge in [0.2, 0.25) is 0 Å². The molecule has 0 bridgehead atoms. The van der Waals surface area contributed by atoms with Gasteiger partial charge in [0.15, 0.2) is 0 Å². The SMILES string of the molecule is Oc1cc[c-]cc1.[CH3-].[CH3-].[Ce+3]. The van der Waals surface area contributed by atoms with Gasteiger partial charge in [-0.25, -0.2) is 0 Å². The van der Waals surface area contributed by atoms with Crippen molar-refractivity contribution in [3.05, 3.63) is 45.2 Å². The van der Waals surface area contributed by atoms with Crippen molar-refractivity contribution in [3.63, 3.8) is 0 Å². The summed E-state index contributed by atoms with van der Waals surface area (Å²) in [6.45, 7) is 0. The van der Waals surface area contributed by atoms with E-state index in [1.165, 1.54) is 0 Å². The topological polar surface area (TPSA) is 20.2 Å². The van der Waals surface area contributed by atoms with Crippen LogP contribution in [0.3, 0.4) is 0 Å². The van der Waals surface area contributed by atoms with Gasteiger partial charge in [0.05, 0.1) is 0 Å². The van der Waals surface area contributed by atoms with Crippen molar-refractivity contribution in [2.24, 2.45) is 0 Å². The summed E-state index contributed by atoms with van der Waals surface area (Å²) in [5.74, 6) is 0.291. The van der Waals surface area contributed by atoms with Crippen molar-refractivity contribution < 1.29 is 46.9 Å². The van der Waals surface area contributed by atoms with E-state index in [-0.39, 0.29) is 56.6 Å². The van der Waals surface area contributed by atoms with Crippen molar-refractivity contribution in [2.45, 2.75) is 0 Å². The fourth-order valence-corrected chi connectivity index (χ4v) is 0.378. The Morgan fingerprint density at radius 2 is 1.50 bits per heavy atom. The number of benzene rings is 1. The normalized spacial score (nSPS) is 6.00. The number of hydrogen-bond acceptors (Lipinski definition) is 1. The molecule has 0 amide bonds. The van der Waals surface area contributed by atoms with Gasteiger partial charge in [-0.3, -0.25) is 0 Å². The maximum Gasteiger partial charge on any atom is 3.00 e. The van der Waals surface area contributed by atoms with Gasteiger partial charge in [0.1, 0.15) is 0 Å². The van der Waals surface area contributed by atoms with Gasteiger partial charge in [-0.2, -0.15) is 18.2 Å². The molecule has 0 aliphatic carbocycles. The summed E-state index contributed by atoms with van der Waals surface area (Å²) in [6, 6.07) is 9.26. The Bertz CT molecular complexity index is 139. The Kier molecular flexibility index (Phi) is 15.8. The molecule has 1 nitrogen and oxygen atoms in total. The van der Waals surface area contributed by atoms with Crippen LogP contribution in [0.25, 0.3) is 0 Å². The predicted molar refractivity (Wildman–Crippen MR) is 39.8 cm³/mol. The van der Waals surface area contributed by atoms with Crippen LogP contribution in [0.2, 0.25) is 0 Å². The minimum absolute atomic E-state index is 0. The van der Waals surface area contributed by atoms with Crippen LogP contribution in [0.1, 0.15) is 0 Å². The molecule has 1 radical (unpaired) electrons. The summed E-state index contributed by atoms with van der Waals surface area (Å²) in [6.07, 6.45) is 0. The predicted octanol–water partition coefficient (Wildman–Crippen LogP) is 2.09. The van der Waals surface area contributed by atoms with Gasteiger partial charge < -0.3 is 20.0 Å². The van der Waals surface area contributed by atoms with Crippen molar-refractivity contribution >= 4 is 0 Å². The Morgan fingerprint density at radius 1 is 1.10 bits per heavy atom. The first kappa shape index (κ1) is 16.8. The zero-order chi connectivity index (χ0) is 5.11. The number of phenolic OH excluding ortho intramolecular Hbond substituents is 1. The first-order chi connectivity index (χ1) is 3.39. The second-order valence-electron chi connectivity index (χ2n) is 1.26. The quantitative estimate of drug-likeness (QED) is 0.711. The van der Waals surface area contributed by atoms with Gasteiger partial charge >= 0.3 is 41.7 Å². The molecule has 1 N–H and O–H groups in total. The summed E-state index contributed by atoms with van der Waals surface area (Å²) in [4.78, 5) is 0. The number of phenols is 1. The van der Waals surface area contributed by atoms with Crippen LogP contribution in [-0.4, -0.2) is 5.11 Å². The molecule has 10 heavy (non-hydrogen) atoms. The first-order valence-electron chi connectivity index (χ1n) is 2.04. The molecule has 0 fully saturated rings. The molecule has 0 aromatic heterocycles. The van der Waals surface area contributed by atoms with Crippen LogP contribution in [-0.2, 0) is 0 Å². The number of rotatable bonds is 0. The Balaban J connectivity index is -0.000000163. The van der Waals surface area contributed by atoms with Crippen molar-refractivity contribution in [1.82, 2.24) is 0 Å². The van der Waals surface area contributed by atoms with Gasteiger partial charge in [0, 0.05) is 5.75 Å². The van der Waals surface area contributed by atoms with E-state index in [9.17, 15) is 0 Å². The molecule has 0 spiro atoms. The average Bonchev–Trinajstić information content (AvgIpc) is 1.69. The van der Waals surface area contributed by atoms with Gasteiger partial charge in [-0.05, 0) is 0 Å².